The van der Waals surface area contributed by atoms with Crippen molar-refractivity contribution in [2.24, 2.45) is 0 Å². The molecule has 0 saturated heterocycles. The zero-order valence-corrected chi connectivity index (χ0v) is 14.0. The SMILES string of the molecule is Brc1coc(CN2CCc3nc(-c4ccncc4)ncc3C2)c1. The zero-order valence-electron chi connectivity index (χ0n) is 12.4. The molecule has 0 N–H and O–H groups in total. The summed E-state index contributed by atoms with van der Waals surface area (Å²) in [5, 5.41) is 0. The first-order valence-electron chi connectivity index (χ1n) is 7.48. The normalized spacial score (nSPS) is 14.7. The Morgan fingerprint density at radius 3 is 2.91 bits per heavy atom. The van der Waals surface area contributed by atoms with E-state index >= 15 is 0 Å². The van der Waals surface area contributed by atoms with Crippen LogP contribution in [0.25, 0.3) is 11.4 Å². The first-order chi connectivity index (χ1) is 11.3. The quantitative estimate of drug-likeness (QED) is 0.706. The Labute approximate surface area is 142 Å². The topological polar surface area (TPSA) is 55.1 Å². The molecule has 0 aliphatic carbocycles. The Morgan fingerprint density at radius 2 is 2.13 bits per heavy atom. The fourth-order valence-electron chi connectivity index (χ4n) is 2.81. The van der Waals surface area contributed by atoms with Crippen molar-refractivity contribution in [3.63, 3.8) is 0 Å². The Morgan fingerprint density at radius 1 is 1.26 bits per heavy atom. The van der Waals surface area contributed by atoms with E-state index in [9.17, 15) is 0 Å². The standard InChI is InChI=1S/C17H15BrN4O/c18-14-7-15(23-11-14)10-22-6-3-16-13(9-22)8-20-17(21-16)12-1-4-19-5-2-12/h1-2,4-5,7-8,11H,3,6,9-10H2. The van der Waals surface area contributed by atoms with E-state index in [1.807, 2.05) is 24.4 Å². The van der Waals surface area contributed by atoms with Crippen LogP contribution in [0, 0.1) is 0 Å². The molecule has 0 spiro atoms. The van der Waals surface area contributed by atoms with Gasteiger partial charge in [0.2, 0.25) is 0 Å². The average molecular weight is 371 g/mol. The molecule has 23 heavy (non-hydrogen) atoms. The lowest BCUT2D eigenvalue weighted by Gasteiger charge is -2.27. The van der Waals surface area contributed by atoms with Gasteiger partial charge in [-0.2, -0.15) is 0 Å². The third-order valence-electron chi connectivity index (χ3n) is 3.95. The van der Waals surface area contributed by atoms with Crippen LogP contribution >= 0.6 is 15.9 Å². The van der Waals surface area contributed by atoms with Crippen LogP contribution in [0.3, 0.4) is 0 Å². The van der Waals surface area contributed by atoms with Crippen molar-refractivity contribution < 1.29 is 4.42 Å². The lowest BCUT2D eigenvalue weighted by molar-refractivity contribution is 0.223. The Balaban J connectivity index is 1.52. The van der Waals surface area contributed by atoms with Crippen molar-refractivity contribution in [2.75, 3.05) is 6.54 Å². The smallest absolute Gasteiger partial charge is 0.159 e. The first kappa shape index (κ1) is 14.5. The summed E-state index contributed by atoms with van der Waals surface area (Å²) in [5.41, 5.74) is 3.34. The highest BCUT2D eigenvalue weighted by molar-refractivity contribution is 9.10. The summed E-state index contributed by atoms with van der Waals surface area (Å²) in [6.07, 6.45) is 8.13. The zero-order chi connectivity index (χ0) is 15.6. The molecule has 0 amide bonds. The molecule has 3 aromatic heterocycles. The van der Waals surface area contributed by atoms with E-state index < -0.39 is 0 Å². The summed E-state index contributed by atoms with van der Waals surface area (Å²) in [5.74, 6) is 1.74. The number of hydrogen-bond donors (Lipinski definition) is 0. The molecule has 4 rings (SSSR count). The van der Waals surface area contributed by atoms with Gasteiger partial charge in [-0.05, 0) is 34.1 Å². The van der Waals surface area contributed by atoms with Crippen LogP contribution in [0.2, 0.25) is 0 Å². The Hall–Kier alpha value is -2.05. The van der Waals surface area contributed by atoms with E-state index in [4.69, 9.17) is 9.40 Å². The van der Waals surface area contributed by atoms with Crippen LogP contribution in [-0.2, 0) is 19.5 Å². The number of furan rings is 1. The van der Waals surface area contributed by atoms with Crippen LogP contribution in [0.4, 0.5) is 0 Å². The van der Waals surface area contributed by atoms with Gasteiger partial charge in [-0.25, -0.2) is 9.97 Å². The van der Waals surface area contributed by atoms with Crippen molar-refractivity contribution in [2.45, 2.75) is 19.5 Å². The van der Waals surface area contributed by atoms with Crippen molar-refractivity contribution in [3.8, 4) is 11.4 Å². The van der Waals surface area contributed by atoms with Crippen molar-refractivity contribution in [3.05, 3.63) is 64.5 Å². The predicted molar refractivity (Wildman–Crippen MR) is 89.5 cm³/mol. The van der Waals surface area contributed by atoms with Gasteiger partial charge < -0.3 is 4.42 Å². The highest BCUT2D eigenvalue weighted by Gasteiger charge is 2.19. The van der Waals surface area contributed by atoms with Gasteiger partial charge in [0.1, 0.15) is 12.0 Å². The summed E-state index contributed by atoms with van der Waals surface area (Å²) >= 11 is 3.42. The minimum absolute atomic E-state index is 0.773. The Bertz CT molecular complexity index is 818. The number of rotatable bonds is 3. The second-order valence-corrected chi connectivity index (χ2v) is 6.51. The molecule has 0 aromatic carbocycles. The van der Waals surface area contributed by atoms with E-state index in [-0.39, 0.29) is 0 Å². The van der Waals surface area contributed by atoms with Gasteiger partial charge in [-0.15, -0.1) is 0 Å². The average Bonchev–Trinajstić information content (AvgIpc) is 3.00. The van der Waals surface area contributed by atoms with Crippen LogP contribution in [0.15, 0.2) is 51.9 Å². The molecule has 4 heterocycles. The van der Waals surface area contributed by atoms with Crippen molar-refractivity contribution in [1.82, 2.24) is 19.9 Å². The lowest BCUT2D eigenvalue weighted by atomic mass is 10.1. The third kappa shape index (κ3) is 3.18. The minimum Gasteiger partial charge on any atom is -0.467 e. The number of nitrogens with zero attached hydrogens (tertiary/aromatic N) is 4. The largest absolute Gasteiger partial charge is 0.467 e. The highest BCUT2D eigenvalue weighted by Crippen LogP contribution is 2.23. The van der Waals surface area contributed by atoms with Crippen LogP contribution in [0.5, 0.6) is 0 Å². The molecule has 5 nitrogen and oxygen atoms in total. The summed E-state index contributed by atoms with van der Waals surface area (Å²) in [4.78, 5) is 15.6. The molecule has 0 bridgehead atoms. The van der Waals surface area contributed by atoms with Crippen LogP contribution in [-0.4, -0.2) is 26.4 Å². The molecule has 116 valence electrons. The fourth-order valence-corrected chi connectivity index (χ4v) is 3.16. The number of fused-ring (bicyclic) bond motifs is 1. The van der Waals surface area contributed by atoms with Gasteiger partial charge in [-0.1, -0.05) is 0 Å². The molecule has 1 aliphatic rings. The molecule has 0 fully saturated rings. The summed E-state index contributed by atoms with van der Waals surface area (Å²) in [7, 11) is 0. The van der Waals surface area contributed by atoms with Crippen molar-refractivity contribution in [1.29, 1.82) is 0 Å². The maximum absolute atomic E-state index is 5.51. The summed E-state index contributed by atoms with van der Waals surface area (Å²) < 4.78 is 6.49. The van der Waals surface area contributed by atoms with Gasteiger partial charge in [0, 0.05) is 49.2 Å². The number of hydrogen-bond acceptors (Lipinski definition) is 5. The molecule has 3 aromatic rings. The molecule has 0 radical (unpaired) electrons. The number of aromatic nitrogens is 3. The first-order valence-corrected chi connectivity index (χ1v) is 8.28. The van der Waals surface area contributed by atoms with E-state index in [1.54, 1.807) is 18.7 Å². The molecule has 0 atom stereocenters. The van der Waals surface area contributed by atoms with E-state index in [0.29, 0.717) is 0 Å². The maximum atomic E-state index is 5.51. The van der Waals surface area contributed by atoms with Crippen molar-refractivity contribution >= 4 is 15.9 Å². The number of pyridine rings is 1. The molecular weight excluding hydrogens is 356 g/mol. The highest BCUT2D eigenvalue weighted by atomic mass is 79.9. The van der Waals surface area contributed by atoms with E-state index in [0.717, 1.165) is 53.4 Å². The van der Waals surface area contributed by atoms with Gasteiger partial charge in [0.15, 0.2) is 5.82 Å². The summed E-state index contributed by atoms with van der Waals surface area (Å²) in [6.45, 7) is 2.62. The lowest BCUT2D eigenvalue weighted by Crippen LogP contribution is -2.30. The molecular formula is C17H15BrN4O. The summed E-state index contributed by atoms with van der Waals surface area (Å²) in [6, 6.07) is 5.88. The molecule has 6 heteroatoms. The maximum Gasteiger partial charge on any atom is 0.159 e. The van der Waals surface area contributed by atoms with Gasteiger partial charge in [-0.3, -0.25) is 9.88 Å². The van der Waals surface area contributed by atoms with Gasteiger partial charge >= 0.3 is 0 Å². The predicted octanol–water partition coefficient (Wildman–Crippen LogP) is 3.45. The van der Waals surface area contributed by atoms with E-state index in [2.05, 4.69) is 30.8 Å². The van der Waals surface area contributed by atoms with E-state index in [1.165, 1.54) is 5.56 Å². The monoisotopic (exact) mass is 370 g/mol. The molecule has 1 aliphatic heterocycles. The minimum atomic E-state index is 0.773. The van der Waals surface area contributed by atoms with Crippen LogP contribution in [0.1, 0.15) is 17.0 Å². The second kappa shape index (κ2) is 6.22. The number of halogens is 1. The second-order valence-electron chi connectivity index (χ2n) is 5.59. The molecule has 0 unspecified atom stereocenters. The fraction of sp³-hybridized carbons (Fsp3) is 0.235. The Kier molecular flexibility index (Phi) is 3.93. The third-order valence-corrected chi connectivity index (χ3v) is 4.37. The van der Waals surface area contributed by atoms with Gasteiger partial charge in [0.05, 0.1) is 16.7 Å². The molecule has 0 saturated carbocycles. The van der Waals surface area contributed by atoms with Crippen LogP contribution < -0.4 is 0 Å². The van der Waals surface area contributed by atoms with Gasteiger partial charge in [0.25, 0.3) is 0 Å².